The van der Waals surface area contributed by atoms with E-state index < -0.39 is 0 Å². The second kappa shape index (κ2) is 11.2. The number of benzene rings is 2. The monoisotopic (exact) mass is 540 g/mol. The normalized spacial score (nSPS) is 15.8. The van der Waals surface area contributed by atoms with Crippen LogP contribution in [-0.4, -0.2) is 47.5 Å². The molecule has 0 aliphatic carbocycles. The van der Waals surface area contributed by atoms with Crippen LogP contribution >= 0.6 is 23.4 Å². The standard InChI is InChI=1S/C28H33ClN4O3S/c1-6-14-30-22(34)16-32-23(35)17-37-25(18-8-7-9-19(29)15-18)24-26(28(2,3)4)31-33(27(24)32)20-10-12-21(36-5)13-11-20/h7-13,15,25H,6,14,16-17H2,1-5H3,(H,30,34)/t25-/m1/s1. The number of hydrogen-bond donors (Lipinski definition) is 1. The van der Waals surface area contributed by atoms with Gasteiger partial charge in [-0.2, -0.15) is 5.10 Å². The predicted molar refractivity (Wildman–Crippen MR) is 150 cm³/mol. The molecule has 37 heavy (non-hydrogen) atoms. The summed E-state index contributed by atoms with van der Waals surface area (Å²) in [5.74, 6) is 1.21. The fourth-order valence-electron chi connectivity index (χ4n) is 4.37. The van der Waals surface area contributed by atoms with Gasteiger partial charge < -0.3 is 10.1 Å². The van der Waals surface area contributed by atoms with Crippen molar-refractivity contribution < 1.29 is 14.3 Å². The minimum absolute atomic E-state index is 0.0832. The van der Waals surface area contributed by atoms with Crippen LogP contribution in [0, 0.1) is 0 Å². The van der Waals surface area contributed by atoms with Crippen LogP contribution in [-0.2, 0) is 15.0 Å². The van der Waals surface area contributed by atoms with E-state index in [1.807, 2.05) is 55.5 Å². The maximum Gasteiger partial charge on any atom is 0.240 e. The van der Waals surface area contributed by atoms with Gasteiger partial charge in [-0.1, -0.05) is 51.4 Å². The van der Waals surface area contributed by atoms with E-state index in [2.05, 4.69) is 26.1 Å². The molecular weight excluding hydrogens is 508 g/mol. The van der Waals surface area contributed by atoms with Gasteiger partial charge in [0.1, 0.15) is 18.1 Å². The number of thioether (sulfide) groups is 1. The summed E-state index contributed by atoms with van der Waals surface area (Å²) in [6, 6.07) is 15.3. The Kier molecular flexibility index (Phi) is 8.19. The number of nitrogens with one attached hydrogen (secondary N) is 1. The van der Waals surface area contributed by atoms with Crippen LogP contribution < -0.4 is 15.0 Å². The van der Waals surface area contributed by atoms with Crippen molar-refractivity contribution in [2.75, 3.05) is 30.9 Å². The first kappa shape index (κ1) is 27.1. The molecular formula is C28H33ClN4O3S. The number of halogens is 1. The Labute approximate surface area is 227 Å². The van der Waals surface area contributed by atoms with E-state index in [0.717, 1.165) is 34.7 Å². The van der Waals surface area contributed by atoms with E-state index in [-0.39, 0.29) is 34.8 Å². The summed E-state index contributed by atoms with van der Waals surface area (Å²) in [7, 11) is 1.62. The molecule has 2 aromatic carbocycles. The number of fused-ring (bicyclic) bond motifs is 1. The molecule has 0 saturated carbocycles. The number of anilines is 1. The maximum absolute atomic E-state index is 13.6. The van der Waals surface area contributed by atoms with Crippen molar-refractivity contribution in [3.8, 4) is 11.4 Å². The third-order valence-corrected chi connectivity index (χ3v) is 7.63. The fourth-order valence-corrected chi connectivity index (χ4v) is 5.76. The molecule has 4 rings (SSSR count). The molecule has 1 atom stereocenters. The van der Waals surface area contributed by atoms with E-state index >= 15 is 0 Å². The highest BCUT2D eigenvalue weighted by Gasteiger charge is 2.40. The van der Waals surface area contributed by atoms with Gasteiger partial charge >= 0.3 is 0 Å². The summed E-state index contributed by atoms with van der Waals surface area (Å²) in [4.78, 5) is 28.1. The number of aromatic nitrogens is 2. The van der Waals surface area contributed by atoms with E-state index in [4.69, 9.17) is 21.4 Å². The number of ether oxygens (including phenoxy) is 1. The molecule has 2 heterocycles. The Bertz CT molecular complexity index is 1280. The molecule has 1 aliphatic rings. The molecule has 1 aromatic heterocycles. The molecule has 1 N–H and O–H groups in total. The molecule has 7 nitrogen and oxygen atoms in total. The van der Waals surface area contributed by atoms with Gasteiger partial charge in [-0.3, -0.25) is 14.5 Å². The lowest BCUT2D eigenvalue weighted by atomic mass is 9.87. The van der Waals surface area contributed by atoms with E-state index in [1.165, 1.54) is 11.8 Å². The molecule has 1 aliphatic heterocycles. The zero-order chi connectivity index (χ0) is 26.7. The van der Waals surface area contributed by atoms with Crippen LogP contribution in [0.1, 0.15) is 56.2 Å². The Balaban J connectivity index is 1.98. The zero-order valence-corrected chi connectivity index (χ0v) is 23.4. The molecule has 0 unspecified atom stereocenters. The number of amides is 2. The Morgan fingerprint density at radius 1 is 1.22 bits per heavy atom. The van der Waals surface area contributed by atoms with Crippen LogP contribution in [0.5, 0.6) is 5.75 Å². The minimum atomic E-state index is -0.331. The molecule has 3 aromatic rings. The average Bonchev–Trinajstić information content (AvgIpc) is 3.20. The predicted octanol–water partition coefficient (Wildman–Crippen LogP) is 5.53. The first-order valence-electron chi connectivity index (χ1n) is 12.4. The summed E-state index contributed by atoms with van der Waals surface area (Å²) in [6.45, 7) is 8.80. The second-order valence-electron chi connectivity index (χ2n) is 10.0. The molecule has 0 spiro atoms. The highest BCUT2D eigenvalue weighted by molar-refractivity contribution is 8.00. The third-order valence-electron chi connectivity index (χ3n) is 6.14. The van der Waals surface area contributed by atoms with Crippen LogP contribution in [0.2, 0.25) is 5.02 Å². The topological polar surface area (TPSA) is 76.5 Å². The SMILES string of the molecule is CCCNC(=O)CN1C(=O)CS[C@H](c2cccc(Cl)c2)c2c(C(C)(C)C)nn(-c3ccc(OC)cc3)c21. The first-order chi connectivity index (χ1) is 17.6. The van der Waals surface area contributed by atoms with Gasteiger partial charge in [0.15, 0.2) is 0 Å². The summed E-state index contributed by atoms with van der Waals surface area (Å²) in [6.07, 6.45) is 0.815. The molecule has 0 radical (unpaired) electrons. The molecule has 196 valence electrons. The number of hydrogen-bond acceptors (Lipinski definition) is 5. The number of carbonyl (C=O) groups excluding carboxylic acids is 2. The molecule has 9 heteroatoms. The van der Waals surface area contributed by atoms with Crippen molar-refractivity contribution in [3.63, 3.8) is 0 Å². The molecule has 0 saturated heterocycles. The van der Waals surface area contributed by atoms with Gasteiger partial charge in [-0.25, -0.2) is 4.68 Å². The van der Waals surface area contributed by atoms with Crippen LogP contribution in [0.25, 0.3) is 5.69 Å². The van der Waals surface area contributed by atoms with Crippen molar-refractivity contribution in [1.82, 2.24) is 15.1 Å². The molecule has 2 amide bonds. The quantitative estimate of drug-likeness (QED) is 0.426. The lowest BCUT2D eigenvalue weighted by Crippen LogP contribution is -2.42. The smallest absolute Gasteiger partial charge is 0.240 e. The lowest BCUT2D eigenvalue weighted by Gasteiger charge is -2.24. The van der Waals surface area contributed by atoms with E-state index in [9.17, 15) is 9.59 Å². The molecule has 0 bridgehead atoms. The van der Waals surface area contributed by atoms with Crippen molar-refractivity contribution >= 4 is 41.0 Å². The van der Waals surface area contributed by atoms with E-state index in [1.54, 1.807) is 16.7 Å². The number of methoxy groups -OCH3 is 1. The minimum Gasteiger partial charge on any atom is -0.497 e. The summed E-state index contributed by atoms with van der Waals surface area (Å²) in [5.41, 5.74) is 3.22. The van der Waals surface area contributed by atoms with Gasteiger partial charge in [-0.05, 0) is 48.4 Å². The van der Waals surface area contributed by atoms with Crippen LogP contribution in [0.15, 0.2) is 48.5 Å². The number of carbonyl (C=O) groups is 2. The average molecular weight is 541 g/mol. The molecule has 0 fully saturated rings. The maximum atomic E-state index is 13.6. The fraction of sp³-hybridized carbons (Fsp3) is 0.393. The summed E-state index contributed by atoms with van der Waals surface area (Å²) in [5, 5.41) is 8.43. The Morgan fingerprint density at radius 2 is 1.95 bits per heavy atom. The van der Waals surface area contributed by atoms with Crippen LogP contribution in [0.3, 0.4) is 0 Å². The van der Waals surface area contributed by atoms with Gasteiger partial charge in [0.05, 0.1) is 29.5 Å². The highest BCUT2D eigenvalue weighted by Crippen LogP contribution is 2.48. The number of nitrogens with zero attached hydrogens (tertiary/aromatic N) is 3. The third kappa shape index (κ3) is 5.80. The van der Waals surface area contributed by atoms with Crippen molar-refractivity contribution in [2.45, 2.75) is 44.8 Å². The summed E-state index contributed by atoms with van der Waals surface area (Å²) >= 11 is 7.93. The van der Waals surface area contributed by atoms with Gasteiger partial charge in [0, 0.05) is 22.5 Å². The first-order valence-corrected chi connectivity index (χ1v) is 13.8. The Morgan fingerprint density at radius 3 is 2.57 bits per heavy atom. The van der Waals surface area contributed by atoms with Crippen molar-refractivity contribution in [1.29, 1.82) is 0 Å². The van der Waals surface area contributed by atoms with Crippen molar-refractivity contribution in [2.24, 2.45) is 0 Å². The van der Waals surface area contributed by atoms with E-state index in [0.29, 0.717) is 17.4 Å². The number of rotatable bonds is 7. The van der Waals surface area contributed by atoms with Crippen LogP contribution in [0.4, 0.5) is 5.82 Å². The van der Waals surface area contributed by atoms with Crippen molar-refractivity contribution in [3.05, 3.63) is 70.4 Å². The Hall–Kier alpha value is -2.97. The lowest BCUT2D eigenvalue weighted by molar-refractivity contribution is -0.122. The van der Waals surface area contributed by atoms with Gasteiger partial charge in [0.25, 0.3) is 0 Å². The largest absolute Gasteiger partial charge is 0.497 e. The highest BCUT2D eigenvalue weighted by atomic mass is 35.5. The van der Waals surface area contributed by atoms with Gasteiger partial charge in [-0.15, -0.1) is 11.8 Å². The second-order valence-corrected chi connectivity index (χ2v) is 11.6. The summed E-state index contributed by atoms with van der Waals surface area (Å²) < 4.78 is 7.14. The van der Waals surface area contributed by atoms with Gasteiger partial charge in [0.2, 0.25) is 11.8 Å². The zero-order valence-electron chi connectivity index (χ0n) is 21.9.